The number of hydrogen-bond acceptors (Lipinski definition) is 5. The van der Waals surface area contributed by atoms with Gasteiger partial charge in [-0.2, -0.15) is 4.98 Å². The lowest BCUT2D eigenvalue weighted by Gasteiger charge is -2.09. The molecule has 3 N–H and O–H groups in total. The fraction of sp³-hybridized carbons (Fsp3) is 0.267. The fourth-order valence-corrected chi connectivity index (χ4v) is 2.27. The first-order valence-electron chi connectivity index (χ1n) is 7.01. The van der Waals surface area contributed by atoms with Gasteiger partial charge in [0.25, 0.3) is 0 Å². The van der Waals surface area contributed by atoms with Crippen LogP contribution in [0.1, 0.15) is 12.0 Å². The number of fused-ring (bicyclic) bond motifs is 1. The molecule has 0 aliphatic carbocycles. The number of benzene rings is 1. The summed E-state index contributed by atoms with van der Waals surface area (Å²) in [5, 5.41) is 11.9. The van der Waals surface area contributed by atoms with Gasteiger partial charge >= 0.3 is 0 Å². The highest BCUT2D eigenvalue weighted by molar-refractivity contribution is 5.88. The summed E-state index contributed by atoms with van der Waals surface area (Å²) < 4.78 is 13.3. The molecule has 3 aromatic rings. The maximum Gasteiger partial charge on any atom is 0.225 e. The van der Waals surface area contributed by atoms with Gasteiger partial charge in [-0.05, 0) is 37.1 Å². The molecule has 0 saturated carbocycles. The molecule has 2 aromatic heterocycles. The molecule has 22 heavy (non-hydrogen) atoms. The summed E-state index contributed by atoms with van der Waals surface area (Å²) in [6, 6.07) is 4.56. The highest BCUT2D eigenvalue weighted by Gasteiger charge is 2.14. The van der Waals surface area contributed by atoms with Crippen molar-refractivity contribution in [1.29, 1.82) is 0 Å². The smallest absolute Gasteiger partial charge is 0.225 e. The largest absolute Gasteiger partial charge is 0.396 e. The molecule has 0 spiro atoms. The van der Waals surface area contributed by atoms with Crippen molar-refractivity contribution in [2.75, 3.05) is 18.5 Å². The maximum absolute atomic E-state index is 13.3. The molecule has 7 heteroatoms. The SMILES string of the molecule is Cc1cc(F)ccc1-c1nc(NCCCO)nc2[nH]cnc12. The third kappa shape index (κ3) is 2.75. The first-order chi connectivity index (χ1) is 10.7. The highest BCUT2D eigenvalue weighted by Crippen LogP contribution is 2.28. The number of aryl methyl sites for hydroxylation is 1. The molecule has 0 fully saturated rings. The summed E-state index contributed by atoms with van der Waals surface area (Å²) in [5.41, 5.74) is 3.49. The Kier molecular flexibility index (Phi) is 3.97. The van der Waals surface area contributed by atoms with Crippen LogP contribution in [-0.2, 0) is 0 Å². The minimum Gasteiger partial charge on any atom is -0.396 e. The molecule has 2 heterocycles. The second kappa shape index (κ2) is 6.07. The van der Waals surface area contributed by atoms with Crippen LogP contribution >= 0.6 is 0 Å². The zero-order valence-corrected chi connectivity index (χ0v) is 12.1. The number of aromatic nitrogens is 4. The summed E-state index contributed by atoms with van der Waals surface area (Å²) in [5.74, 6) is 0.166. The number of nitrogens with zero attached hydrogens (tertiary/aromatic N) is 3. The molecule has 0 amide bonds. The lowest BCUT2D eigenvalue weighted by molar-refractivity contribution is 0.292. The Bertz CT molecular complexity index is 802. The van der Waals surface area contributed by atoms with Crippen molar-refractivity contribution in [2.45, 2.75) is 13.3 Å². The van der Waals surface area contributed by atoms with E-state index in [0.29, 0.717) is 35.8 Å². The first-order valence-corrected chi connectivity index (χ1v) is 7.01. The van der Waals surface area contributed by atoms with Crippen LogP contribution in [0, 0.1) is 12.7 Å². The lowest BCUT2D eigenvalue weighted by Crippen LogP contribution is -2.08. The predicted molar refractivity (Wildman–Crippen MR) is 82.0 cm³/mol. The van der Waals surface area contributed by atoms with Gasteiger partial charge in [-0.3, -0.25) is 0 Å². The number of halogens is 1. The number of aliphatic hydroxyl groups is 1. The van der Waals surface area contributed by atoms with Crippen molar-refractivity contribution in [3.63, 3.8) is 0 Å². The number of anilines is 1. The number of hydrogen-bond donors (Lipinski definition) is 3. The van der Waals surface area contributed by atoms with E-state index in [1.165, 1.54) is 12.1 Å². The second-order valence-electron chi connectivity index (χ2n) is 4.96. The van der Waals surface area contributed by atoms with Gasteiger partial charge in [-0.1, -0.05) is 0 Å². The van der Waals surface area contributed by atoms with Crippen LogP contribution < -0.4 is 5.32 Å². The van der Waals surface area contributed by atoms with Crippen molar-refractivity contribution in [3.8, 4) is 11.3 Å². The molecule has 0 atom stereocenters. The lowest BCUT2D eigenvalue weighted by atomic mass is 10.0. The molecule has 6 nitrogen and oxygen atoms in total. The molecule has 0 unspecified atom stereocenters. The predicted octanol–water partition coefficient (Wildman–Crippen LogP) is 2.26. The zero-order valence-electron chi connectivity index (χ0n) is 12.1. The third-order valence-corrected chi connectivity index (χ3v) is 3.34. The van der Waals surface area contributed by atoms with Gasteiger partial charge in [-0.25, -0.2) is 14.4 Å². The number of aliphatic hydroxyl groups excluding tert-OH is 1. The van der Waals surface area contributed by atoms with Gasteiger partial charge in [-0.15, -0.1) is 0 Å². The van der Waals surface area contributed by atoms with Gasteiger partial charge in [0.05, 0.1) is 6.33 Å². The molecule has 0 radical (unpaired) electrons. The summed E-state index contributed by atoms with van der Waals surface area (Å²) in [7, 11) is 0. The van der Waals surface area contributed by atoms with Gasteiger partial charge in [0.2, 0.25) is 5.95 Å². The second-order valence-corrected chi connectivity index (χ2v) is 4.96. The maximum atomic E-state index is 13.3. The van der Waals surface area contributed by atoms with Crippen LogP contribution in [0.3, 0.4) is 0 Å². The van der Waals surface area contributed by atoms with Crippen LogP contribution in [0.15, 0.2) is 24.5 Å². The Morgan fingerprint density at radius 1 is 1.32 bits per heavy atom. The Labute approximate surface area is 126 Å². The number of rotatable bonds is 5. The average molecular weight is 301 g/mol. The van der Waals surface area contributed by atoms with E-state index in [1.54, 1.807) is 12.4 Å². The van der Waals surface area contributed by atoms with Crippen molar-refractivity contribution in [1.82, 2.24) is 19.9 Å². The molecular weight excluding hydrogens is 285 g/mol. The summed E-state index contributed by atoms with van der Waals surface area (Å²) in [6.07, 6.45) is 2.16. The Hall–Kier alpha value is -2.54. The Balaban J connectivity index is 2.08. The fourth-order valence-electron chi connectivity index (χ4n) is 2.27. The van der Waals surface area contributed by atoms with Gasteiger partial charge < -0.3 is 15.4 Å². The minimum atomic E-state index is -0.283. The molecule has 0 aliphatic rings. The summed E-state index contributed by atoms with van der Waals surface area (Å²) >= 11 is 0. The van der Waals surface area contributed by atoms with E-state index in [2.05, 4.69) is 25.3 Å². The van der Waals surface area contributed by atoms with E-state index in [4.69, 9.17) is 5.11 Å². The normalized spacial score (nSPS) is 11.0. The summed E-state index contributed by atoms with van der Waals surface area (Å²) in [4.78, 5) is 16.1. The summed E-state index contributed by atoms with van der Waals surface area (Å²) in [6.45, 7) is 2.50. The van der Waals surface area contributed by atoms with E-state index in [0.717, 1.165) is 11.1 Å². The van der Waals surface area contributed by atoms with E-state index >= 15 is 0 Å². The van der Waals surface area contributed by atoms with Crippen molar-refractivity contribution >= 4 is 17.1 Å². The molecule has 1 aromatic carbocycles. The Morgan fingerprint density at radius 2 is 2.18 bits per heavy atom. The monoisotopic (exact) mass is 301 g/mol. The number of H-pyrrole nitrogens is 1. The van der Waals surface area contributed by atoms with Gasteiger partial charge in [0.1, 0.15) is 17.0 Å². The topological polar surface area (TPSA) is 86.7 Å². The van der Waals surface area contributed by atoms with Crippen molar-refractivity contribution in [2.24, 2.45) is 0 Å². The van der Waals surface area contributed by atoms with E-state index in [-0.39, 0.29) is 12.4 Å². The zero-order chi connectivity index (χ0) is 15.5. The number of nitrogens with one attached hydrogen (secondary N) is 2. The van der Waals surface area contributed by atoms with Gasteiger partial charge in [0.15, 0.2) is 5.65 Å². The van der Waals surface area contributed by atoms with Crippen LogP contribution in [-0.4, -0.2) is 38.2 Å². The van der Waals surface area contributed by atoms with Crippen molar-refractivity contribution in [3.05, 3.63) is 35.9 Å². The molecule has 0 saturated heterocycles. The third-order valence-electron chi connectivity index (χ3n) is 3.34. The van der Waals surface area contributed by atoms with Crippen LogP contribution in [0.2, 0.25) is 0 Å². The first kappa shape index (κ1) is 14.4. The average Bonchev–Trinajstić information content (AvgIpc) is 2.95. The van der Waals surface area contributed by atoms with E-state index < -0.39 is 0 Å². The molecule has 0 bridgehead atoms. The van der Waals surface area contributed by atoms with Crippen LogP contribution in [0.25, 0.3) is 22.4 Å². The molecule has 114 valence electrons. The molecular formula is C15H16FN5O. The van der Waals surface area contributed by atoms with Gasteiger partial charge in [0, 0.05) is 18.7 Å². The van der Waals surface area contributed by atoms with Crippen LogP contribution in [0.4, 0.5) is 10.3 Å². The molecule has 3 rings (SSSR count). The standard InChI is InChI=1S/C15H16FN5O/c1-9-7-10(16)3-4-11(9)12-13-14(19-8-18-13)21-15(20-12)17-5-2-6-22/h3-4,7-8,22H,2,5-6H2,1H3,(H2,17,18,19,20,21). The number of imidazole rings is 1. The van der Waals surface area contributed by atoms with E-state index in [1.807, 2.05) is 6.92 Å². The molecule has 0 aliphatic heterocycles. The van der Waals surface area contributed by atoms with Crippen molar-refractivity contribution < 1.29 is 9.50 Å². The quantitative estimate of drug-likeness (QED) is 0.629. The van der Waals surface area contributed by atoms with Crippen LogP contribution in [0.5, 0.6) is 0 Å². The minimum absolute atomic E-state index is 0.100. The highest BCUT2D eigenvalue weighted by atomic mass is 19.1. The Morgan fingerprint density at radius 3 is 2.95 bits per heavy atom. The number of aromatic amines is 1. The van der Waals surface area contributed by atoms with E-state index in [9.17, 15) is 4.39 Å².